The molecule has 3 atom stereocenters. The van der Waals surface area contributed by atoms with Gasteiger partial charge in [-0.25, -0.2) is 10.2 Å². The van der Waals surface area contributed by atoms with Gasteiger partial charge in [0.2, 0.25) is 0 Å². The number of primary amides is 1. The predicted molar refractivity (Wildman–Crippen MR) is 93.4 cm³/mol. The van der Waals surface area contributed by atoms with E-state index in [1.165, 1.54) is 0 Å². The zero-order valence-corrected chi connectivity index (χ0v) is 14.5. The number of hydrogen-bond donors (Lipinski definition) is 2. The Morgan fingerprint density at radius 2 is 1.96 bits per heavy atom. The molecule has 0 unspecified atom stereocenters. The number of fused-ring (bicyclic) bond motifs is 2. The SMILES string of the molecule is CC1(C)[C@H]2CC[C@]1(C)C(=O)[C@@H]2/C(Cc1ccccc1)=N/NC(N)=O. The summed E-state index contributed by atoms with van der Waals surface area (Å²) in [7, 11) is 0. The van der Waals surface area contributed by atoms with E-state index in [1.807, 2.05) is 30.3 Å². The van der Waals surface area contributed by atoms with Gasteiger partial charge in [-0.2, -0.15) is 5.10 Å². The number of amides is 2. The molecule has 0 radical (unpaired) electrons. The zero-order chi connectivity index (χ0) is 17.5. The Hall–Kier alpha value is -2.17. The summed E-state index contributed by atoms with van der Waals surface area (Å²) in [6.45, 7) is 6.45. The molecule has 2 aliphatic rings. The molecule has 3 rings (SSSR count). The maximum atomic E-state index is 13.2. The lowest BCUT2D eigenvalue weighted by Gasteiger charge is -2.32. The number of ketones is 1. The van der Waals surface area contributed by atoms with E-state index in [1.54, 1.807) is 0 Å². The molecule has 2 bridgehead atoms. The van der Waals surface area contributed by atoms with E-state index in [4.69, 9.17) is 5.73 Å². The minimum absolute atomic E-state index is 0.0566. The van der Waals surface area contributed by atoms with E-state index in [-0.39, 0.29) is 28.4 Å². The van der Waals surface area contributed by atoms with Gasteiger partial charge in [-0.15, -0.1) is 0 Å². The molecular weight excluding hydrogens is 302 g/mol. The third-order valence-electron chi connectivity index (χ3n) is 6.43. The molecule has 24 heavy (non-hydrogen) atoms. The summed E-state index contributed by atoms with van der Waals surface area (Å²) in [5.41, 5.74) is 8.93. The molecule has 2 fully saturated rings. The number of nitrogens with two attached hydrogens (primary N) is 1. The Morgan fingerprint density at radius 3 is 2.50 bits per heavy atom. The molecule has 5 nitrogen and oxygen atoms in total. The molecule has 0 spiro atoms. The van der Waals surface area contributed by atoms with Crippen molar-refractivity contribution >= 4 is 17.5 Å². The normalized spacial score (nSPS) is 31.3. The summed E-state index contributed by atoms with van der Waals surface area (Å²) in [4.78, 5) is 24.3. The number of carbonyl (C=O) groups is 2. The predicted octanol–water partition coefficient (Wildman–Crippen LogP) is 2.89. The van der Waals surface area contributed by atoms with Crippen LogP contribution in [-0.4, -0.2) is 17.5 Å². The van der Waals surface area contributed by atoms with Crippen LogP contribution < -0.4 is 11.2 Å². The number of rotatable bonds is 4. The average molecular weight is 327 g/mol. The van der Waals surface area contributed by atoms with Crippen LogP contribution in [0, 0.1) is 22.7 Å². The molecule has 0 aromatic heterocycles. The first-order valence-corrected chi connectivity index (χ1v) is 8.47. The molecule has 5 heteroatoms. The molecular formula is C19H25N3O2. The second kappa shape index (κ2) is 5.72. The maximum absolute atomic E-state index is 13.2. The lowest BCUT2D eigenvalue weighted by atomic mass is 9.70. The fraction of sp³-hybridized carbons (Fsp3) is 0.526. The molecule has 0 saturated heterocycles. The second-order valence-corrected chi connectivity index (χ2v) is 7.78. The van der Waals surface area contributed by atoms with Crippen molar-refractivity contribution in [2.75, 3.05) is 0 Å². The van der Waals surface area contributed by atoms with Crippen molar-refractivity contribution in [2.45, 2.75) is 40.0 Å². The Balaban J connectivity index is 1.96. The Bertz CT molecular complexity index is 696. The molecule has 0 aliphatic heterocycles. The van der Waals surface area contributed by atoms with Gasteiger partial charge in [0.15, 0.2) is 0 Å². The van der Waals surface area contributed by atoms with E-state index >= 15 is 0 Å². The smallest absolute Gasteiger partial charge is 0.332 e. The van der Waals surface area contributed by atoms with Gasteiger partial charge in [0, 0.05) is 11.8 Å². The Morgan fingerprint density at radius 1 is 1.29 bits per heavy atom. The summed E-state index contributed by atoms with van der Waals surface area (Å²) in [5.74, 6) is 0.266. The zero-order valence-electron chi connectivity index (χ0n) is 14.5. The number of carbonyl (C=O) groups excluding carboxylic acids is 2. The summed E-state index contributed by atoms with van der Waals surface area (Å²) >= 11 is 0. The van der Waals surface area contributed by atoms with Crippen LogP contribution in [0.4, 0.5) is 4.79 Å². The lowest BCUT2D eigenvalue weighted by molar-refractivity contribution is -0.129. The van der Waals surface area contributed by atoms with Crippen LogP contribution >= 0.6 is 0 Å². The second-order valence-electron chi connectivity index (χ2n) is 7.78. The monoisotopic (exact) mass is 327 g/mol. The minimum Gasteiger partial charge on any atom is -0.350 e. The van der Waals surface area contributed by atoms with Gasteiger partial charge in [0.1, 0.15) is 5.78 Å². The van der Waals surface area contributed by atoms with Crippen LogP contribution in [0.3, 0.4) is 0 Å². The van der Waals surface area contributed by atoms with Crippen LogP contribution in [-0.2, 0) is 11.2 Å². The molecule has 2 amide bonds. The molecule has 2 aliphatic carbocycles. The van der Waals surface area contributed by atoms with E-state index < -0.39 is 6.03 Å². The van der Waals surface area contributed by atoms with Crippen molar-refractivity contribution in [1.29, 1.82) is 0 Å². The van der Waals surface area contributed by atoms with E-state index in [2.05, 4.69) is 31.3 Å². The van der Waals surface area contributed by atoms with Gasteiger partial charge in [-0.05, 0) is 29.7 Å². The maximum Gasteiger partial charge on any atom is 0.332 e. The van der Waals surface area contributed by atoms with Gasteiger partial charge in [0.05, 0.1) is 11.6 Å². The molecule has 1 aromatic rings. The van der Waals surface area contributed by atoms with Crippen LogP contribution in [0.5, 0.6) is 0 Å². The summed E-state index contributed by atoms with van der Waals surface area (Å²) < 4.78 is 0. The molecule has 2 saturated carbocycles. The molecule has 1 aromatic carbocycles. The third kappa shape index (κ3) is 2.43. The molecule has 128 valence electrons. The standard InChI is InChI=1S/C19H25N3O2/c1-18(2)13-9-10-19(18,3)16(23)15(13)14(21-22-17(20)24)11-12-7-5-4-6-8-12/h4-8,13,15H,9-11H2,1-3H3,(H3,20,22,24)/b21-14+/t13-,15-,19+/m0/s1. The van der Waals surface area contributed by atoms with Gasteiger partial charge < -0.3 is 5.73 Å². The van der Waals surface area contributed by atoms with Crippen molar-refractivity contribution < 1.29 is 9.59 Å². The van der Waals surface area contributed by atoms with Crippen LogP contribution in [0.25, 0.3) is 0 Å². The first kappa shape index (κ1) is 16.7. The summed E-state index contributed by atoms with van der Waals surface area (Å²) in [6.07, 6.45) is 2.49. The van der Waals surface area contributed by atoms with Crippen molar-refractivity contribution in [1.82, 2.24) is 5.43 Å². The lowest BCUT2D eigenvalue weighted by Crippen LogP contribution is -2.37. The Kier molecular flexibility index (Phi) is 3.98. The van der Waals surface area contributed by atoms with Crippen molar-refractivity contribution in [3.05, 3.63) is 35.9 Å². The van der Waals surface area contributed by atoms with E-state index in [9.17, 15) is 9.59 Å². The largest absolute Gasteiger partial charge is 0.350 e. The van der Waals surface area contributed by atoms with Gasteiger partial charge in [0.25, 0.3) is 0 Å². The third-order valence-corrected chi connectivity index (χ3v) is 6.43. The van der Waals surface area contributed by atoms with Crippen LogP contribution in [0.15, 0.2) is 35.4 Å². The molecule has 0 heterocycles. The molecule has 3 N–H and O–H groups in total. The quantitative estimate of drug-likeness (QED) is 0.658. The number of benzene rings is 1. The van der Waals surface area contributed by atoms with E-state index in [0.717, 1.165) is 18.4 Å². The van der Waals surface area contributed by atoms with Crippen molar-refractivity contribution in [3.63, 3.8) is 0 Å². The number of Topliss-reactive ketones (excluding diaryl/α,β-unsaturated/α-hetero) is 1. The van der Waals surface area contributed by atoms with Crippen molar-refractivity contribution in [3.8, 4) is 0 Å². The topological polar surface area (TPSA) is 84.6 Å². The number of nitrogens with zero attached hydrogens (tertiary/aromatic N) is 1. The van der Waals surface area contributed by atoms with Gasteiger partial charge in [-0.3, -0.25) is 4.79 Å². The highest BCUT2D eigenvalue weighted by atomic mass is 16.2. The summed E-state index contributed by atoms with van der Waals surface area (Å²) in [6, 6.07) is 9.18. The fourth-order valence-electron chi connectivity index (χ4n) is 4.62. The van der Waals surface area contributed by atoms with Gasteiger partial charge >= 0.3 is 6.03 Å². The first-order valence-electron chi connectivity index (χ1n) is 8.47. The van der Waals surface area contributed by atoms with Crippen molar-refractivity contribution in [2.24, 2.45) is 33.5 Å². The fourth-order valence-corrected chi connectivity index (χ4v) is 4.62. The minimum atomic E-state index is -0.707. The number of nitrogens with one attached hydrogen (secondary N) is 1. The highest BCUT2D eigenvalue weighted by molar-refractivity contribution is 6.11. The first-order chi connectivity index (χ1) is 11.3. The number of urea groups is 1. The van der Waals surface area contributed by atoms with Crippen LogP contribution in [0.1, 0.15) is 39.2 Å². The number of hydrazone groups is 1. The highest BCUT2D eigenvalue weighted by Gasteiger charge is 2.67. The van der Waals surface area contributed by atoms with E-state index in [0.29, 0.717) is 12.1 Å². The summed E-state index contributed by atoms with van der Waals surface area (Å²) in [5, 5.41) is 4.24. The van der Waals surface area contributed by atoms with Gasteiger partial charge in [-0.1, -0.05) is 51.1 Å². The average Bonchev–Trinajstić information content (AvgIpc) is 2.85. The highest BCUT2D eigenvalue weighted by Crippen LogP contribution is 2.66. The van der Waals surface area contributed by atoms with Crippen LogP contribution in [0.2, 0.25) is 0 Å². The Labute approximate surface area is 142 Å². The number of hydrogen-bond acceptors (Lipinski definition) is 3.